The van der Waals surface area contributed by atoms with Gasteiger partial charge in [0, 0.05) is 16.9 Å². The molecule has 8 nitrogen and oxygen atoms in total. The van der Waals surface area contributed by atoms with E-state index in [1.807, 2.05) is 30.3 Å². The molecule has 2 amide bonds. The predicted octanol–water partition coefficient (Wildman–Crippen LogP) is 5.30. The number of carbonyl (C=O) groups excluding carboxylic acids is 2. The fraction of sp³-hybridized carbons (Fsp3) is 0.0400. The number of aryl methyl sites for hydroxylation is 1. The fourth-order valence-corrected chi connectivity index (χ4v) is 3.47. The van der Waals surface area contributed by atoms with Gasteiger partial charge in [-0.1, -0.05) is 35.5 Å². The Kier molecular flexibility index (Phi) is 5.16. The molecule has 0 saturated heterocycles. The van der Waals surface area contributed by atoms with Gasteiger partial charge in [0.1, 0.15) is 0 Å². The summed E-state index contributed by atoms with van der Waals surface area (Å²) >= 11 is 0. The van der Waals surface area contributed by atoms with Gasteiger partial charge in [-0.25, -0.2) is 4.98 Å². The first-order valence-corrected chi connectivity index (χ1v) is 10.2. The Morgan fingerprint density at radius 2 is 1.55 bits per heavy atom. The quantitative estimate of drug-likeness (QED) is 0.385. The Morgan fingerprint density at radius 3 is 2.21 bits per heavy atom. The number of hydrogen-bond donors (Lipinski definition) is 2. The second-order valence-corrected chi connectivity index (χ2v) is 7.33. The number of furan rings is 1. The van der Waals surface area contributed by atoms with Crippen LogP contribution in [0.5, 0.6) is 0 Å². The molecule has 0 saturated carbocycles. The van der Waals surface area contributed by atoms with Crippen LogP contribution in [0.15, 0.2) is 88.0 Å². The number of hydrogen-bond acceptors (Lipinski definition) is 6. The van der Waals surface area contributed by atoms with Gasteiger partial charge < -0.3 is 19.6 Å². The third kappa shape index (κ3) is 4.09. The Morgan fingerprint density at radius 1 is 0.848 bits per heavy atom. The lowest BCUT2D eigenvalue weighted by Crippen LogP contribution is -2.14. The second-order valence-electron chi connectivity index (χ2n) is 7.33. The molecule has 0 fully saturated rings. The Bertz CT molecular complexity index is 1440. The topological polar surface area (TPSA) is 110 Å². The van der Waals surface area contributed by atoms with Crippen LogP contribution in [0.1, 0.15) is 26.6 Å². The van der Waals surface area contributed by atoms with E-state index in [1.54, 1.807) is 49.4 Å². The predicted molar refractivity (Wildman–Crippen MR) is 123 cm³/mol. The molecule has 2 aromatic carbocycles. The average molecular weight is 438 g/mol. The lowest BCUT2D eigenvalue weighted by molar-refractivity contribution is 0.0994. The van der Waals surface area contributed by atoms with Crippen LogP contribution in [0, 0.1) is 6.92 Å². The molecule has 3 aromatic heterocycles. The zero-order chi connectivity index (χ0) is 22.8. The molecular weight excluding hydrogens is 420 g/mol. The number of carbonyl (C=O) groups is 2. The molecule has 0 spiro atoms. The summed E-state index contributed by atoms with van der Waals surface area (Å²) in [4.78, 5) is 29.8. The second kappa shape index (κ2) is 8.43. The number of nitrogens with zero attached hydrogens (tertiary/aromatic N) is 2. The van der Waals surface area contributed by atoms with Crippen molar-refractivity contribution in [2.24, 2.45) is 0 Å². The van der Waals surface area contributed by atoms with Gasteiger partial charge in [0.15, 0.2) is 5.76 Å². The van der Waals surface area contributed by atoms with E-state index in [0.29, 0.717) is 39.4 Å². The highest BCUT2D eigenvalue weighted by Gasteiger charge is 2.19. The molecule has 0 bridgehead atoms. The van der Waals surface area contributed by atoms with E-state index >= 15 is 0 Å². The van der Waals surface area contributed by atoms with Crippen molar-refractivity contribution in [1.29, 1.82) is 0 Å². The lowest BCUT2D eigenvalue weighted by atomic mass is 10.0. The summed E-state index contributed by atoms with van der Waals surface area (Å²) in [5, 5.41) is 10.2. The van der Waals surface area contributed by atoms with Crippen LogP contribution in [0.25, 0.3) is 22.4 Å². The van der Waals surface area contributed by atoms with Crippen molar-refractivity contribution in [1.82, 2.24) is 10.1 Å². The summed E-state index contributed by atoms with van der Waals surface area (Å²) < 4.78 is 10.4. The number of amides is 2. The minimum absolute atomic E-state index is 0.215. The maximum atomic E-state index is 13.2. The lowest BCUT2D eigenvalue weighted by Gasteiger charge is -2.09. The van der Waals surface area contributed by atoms with E-state index in [0.717, 1.165) is 5.56 Å². The smallest absolute Gasteiger partial charge is 0.291 e. The zero-order valence-electron chi connectivity index (χ0n) is 17.5. The Labute approximate surface area is 188 Å². The van der Waals surface area contributed by atoms with E-state index in [9.17, 15) is 9.59 Å². The highest BCUT2D eigenvalue weighted by molar-refractivity contribution is 6.13. The summed E-state index contributed by atoms with van der Waals surface area (Å²) in [5.74, 6) is -0.460. The van der Waals surface area contributed by atoms with Crippen molar-refractivity contribution in [3.63, 3.8) is 0 Å². The number of fused-ring (bicyclic) bond motifs is 1. The number of benzene rings is 2. The van der Waals surface area contributed by atoms with Crippen LogP contribution >= 0.6 is 0 Å². The standard InChI is InChI=1S/C25H18N4O4/c1-15-22-19(14-20(28-25(22)33-29-15)16-6-3-2-4-7-16)23(30)26-17-9-11-18(12-10-17)27-24(31)21-8-5-13-32-21/h2-14H,1H3,(H,26,30)(H,27,31). The number of pyridine rings is 1. The first kappa shape index (κ1) is 20.2. The van der Waals surface area contributed by atoms with Crippen LogP contribution in [-0.2, 0) is 0 Å². The summed E-state index contributed by atoms with van der Waals surface area (Å²) in [6.07, 6.45) is 1.43. The first-order chi connectivity index (χ1) is 16.1. The summed E-state index contributed by atoms with van der Waals surface area (Å²) in [6.45, 7) is 1.77. The van der Waals surface area contributed by atoms with Crippen molar-refractivity contribution in [3.8, 4) is 11.3 Å². The van der Waals surface area contributed by atoms with Gasteiger partial charge in [-0.3, -0.25) is 9.59 Å². The Balaban J connectivity index is 1.40. The van der Waals surface area contributed by atoms with E-state index < -0.39 is 0 Å². The van der Waals surface area contributed by atoms with Crippen LogP contribution in [-0.4, -0.2) is 22.0 Å². The molecule has 0 unspecified atom stereocenters. The van der Waals surface area contributed by atoms with Crippen LogP contribution in [0.4, 0.5) is 11.4 Å². The van der Waals surface area contributed by atoms with E-state index in [-0.39, 0.29) is 17.6 Å². The minimum Gasteiger partial charge on any atom is -0.459 e. The molecule has 5 rings (SSSR count). The summed E-state index contributed by atoms with van der Waals surface area (Å²) in [6, 6.07) is 21.3. The molecule has 33 heavy (non-hydrogen) atoms. The molecule has 162 valence electrons. The Hall–Kier alpha value is -4.72. The van der Waals surface area contributed by atoms with Crippen molar-refractivity contribution in [2.75, 3.05) is 10.6 Å². The van der Waals surface area contributed by atoms with Crippen molar-refractivity contribution in [2.45, 2.75) is 6.92 Å². The van der Waals surface area contributed by atoms with Gasteiger partial charge in [-0.05, 0) is 49.4 Å². The number of rotatable bonds is 5. The monoisotopic (exact) mass is 438 g/mol. The largest absolute Gasteiger partial charge is 0.459 e. The third-order valence-corrected chi connectivity index (χ3v) is 5.08. The fourth-order valence-electron chi connectivity index (χ4n) is 3.47. The highest BCUT2D eigenvalue weighted by atomic mass is 16.5. The van der Waals surface area contributed by atoms with E-state index in [2.05, 4.69) is 20.8 Å². The van der Waals surface area contributed by atoms with E-state index in [1.165, 1.54) is 6.26 Å². The van der Waals surface area contributed by atoms with Gasteiger partial charge >= 0.3 is 0 Å². The molecule has 8 heteroatoms. The molecule has 3 heterocycles. The average Bonchev–Trinajstić information content (AvgIpc) is 3.51. The van der Waals surface area contributed by atoms with Crippen molar-refractivity contribution < 1.29 is 18.5 Å². The van der Waals surface area contributed by atoms with Crippen molar-refractivity contribution in [3.05, 3.63) is 96.1 Å². The minimum atomic E-state index is -0.354. The van der Waals surface area contributed by atoms with Gasteiger partial charge in [-0.2, -0.15) is 0 Å². The van der Waals surface area contributed by atoms with Gasteiger partial charge in [-0.15, -0.1) is 0 Å². The maximum Gasteiger partial charge on any atom is 0.291 e. The maximum absolute atomic E-state index is 13.2. The molecule has 0 aliphatic carbocycles. The third-order valence-electron chi connectivity index (χ3n) is 5.08. The highest BCUT2D eigenvalue weighted by Crippen LogP contribution is 2.28. The van der Waals surface area contributed by atoms with Gasteiger partial charge in [0.25, 0.3) is 17.5 Å². The first-order valence-electron chi connectivity index (χ1n) is 10.2. The molecule has 0 atom stereocenters. The SMILES string of the molecule is Cc1noc2nc(-c3ccccc3)cc(C(=O)Nc3ccc(NC(=O)c4ccco4)cc3)c12. The van der Waals surface area contributed by atoms with Crippen LogP contribution < -0.4 is 10.6 Å². The summed E-state index contributed by atoms with van der Waals surface area (Å²) in [7, 11) is 0. The number of anilines is 2. The number of aromatic nitrogens is 2. The number of nitrogens with one attached hydrogen (secondary N) is 2. The zero-order valence-corrected chi connectivity index (χ0v) is 17.5. The van der Waals surface area contributed by atoms with Crippen LogP contribution in [0.2, 0.25) is 0 Å². The molecule has 0 radical (unpaired) electrons. The molecule has 0 aliphatic rings. The van der Waals surface area contributed by atoms with Crippen LogP contribution in [0.3, 0.4) is 0 Å². The van der Waals surface area contributed by atoms with E-state index in [4.69, 9.17) is 8.94 Å². The molecule has 0 aliphatic heterocycles. The van der Waals surface area contributed by atoms with Crippen molar-refractivity contribution >= 4 is 34.3 Å². The van der Waals surface area contributed by atoms with Gasteiger partial charge in [0.2, 0.25) is 0 Å². The summed E-state index contributed by atoms with van der Waals surface area (Å²) in [5.41, 5.74) is 3.90. The molecular formula is C25H18N4O4. The molecule has 5 aromatic rings. The normalized spacial score (nSPS) is 10.8. The van der Waals surface area contributed by atoms with Gasteiger partial charge in [0.05, 0.1) is 28.6 Å². The molecule has 2 N–H and O–H groups in total.